The van der Waals surface area contributed by atoms with E-state index in [1.807, 2.05) is 23.1 Å². The summed E-state index contributed by atoms with van der Waals surface area (Å²) in [5.41, 5.74) is 1.81. The van der Waals surface area contributed by atoms with Crippen molar-refractivity contribution in [2.75, 3.05) is 31.1 Å². The predicted octanol–water partition coefficient (Wildman–Crippen LogP) is 3.84. The zero-order valence-corrected chi connectivity index (χ0v) is 13.9. The molecule has 0 saturated carbocycles. The second-order valence-electron chi connectivity index (χ2n) is 5.64. The molecular weight excluding hydrogens is 327 g/mol. The Morgan fingerprint density at radius 2 is 1.67 bits per heavy atom. The maximum atomic E-state index is 13.0. The van der Waals surface area contributed by atoms with Crippen molar-refractivity contribution in [3.63, 3.8) is 0 Å². The van der Waals surface area contributed by atoms with Crippen LogP contribution in [0.5, 0.6) is 0 Å². The molecule has 24 heavy (non-hydrogen) atoms. The molecule has 0 spiro atoms. The van der Waals surface area contributed by atoms with Gasteiger partial charge in [-0.3, -0.25) is 4.79 Å². The highest BCUT2D eigenvalue weighted by Gasteiger charge is 2.19. The average molecular weight is 345 g/mol. The van der Waals surface area contributed by atoms with Gasteiger partial charge >= 0.3 is 0 Å². The van der Waals surface area contributed by atoms with E-state index in [2.05, 4.69) is 4.90 Å². The van der Waals surface area contributed by atoms with Crippen molar-refractivity contribution < 1.29 is 9.18 Å². The monoisotopic (exact) mass is 344 g/mol. The summed E-state index contributed by atoms with van der Waals surface area (Å²) in [6.07, 6.45) is 3.31. The molecule has 0 atom stereocenters. The standard InChI is InChI=1S/C19H18ClFN2O/c20-18-4-2-1-3-15(18)5-10-19(24)23-13-11-22(12-14-23)17-8-6-16(21)7-9-17/h1-10H,11-14H2. The Labute approximate surface area is 145 Å². The minimum atomic E-state index is -0.239. The first kappa shape index (κ1) is 16.5. The van der Waals surface area contributed by atoms with Crippen molar-refractivity contribution in [1.82, 2.24) is 4.90 Å². The lowest BCUT2D eigenvalue weighted by Crippen LogP contribution is -2.48. The Morgan fingerprint density at radius 3 is 2.33 bits per heavy atom. The number of hydrogen-bond acceptors (Lipinski definition) is 2. The lowest BCUT2D eigenvalue weighted by Gasteiger charge is -2.35. The number of piperazine rings is 1. The van der Waals surface area contributed by atoms with E-state index < -0.39 is 0 Å². The summed E-state index contributed by atoms with van der Waals surface area (Å²) in [4.78, 5) is 16.3. The minimum absolute atomic E-state index is 0.0197. The van der Waals surface area contributed by atoms with E-state index in [1.54, 1.807) is 30.4 Å². The van der Waals surface area contributed by atoms with Crippen molar-refractivity contribution in [2.45, 2.75) is 0 Å². The van der Waals surface area contributed by atoms with Crippen LogP contribution in [0, 0.1) is 5.82 Å². The SMILES string of the molecule is O=C(C=Cc1ccccc1Cl)N1CCN(c2ccc(F)cc2)CC1. The highest BCUT2D eigenvalue weighted by molar-refractivity contribution is 6.32. The van der Waals surface area contributed by atoms with Gasteiger partial charge in [0, 0.05) is 43.0 Å². The Kier molecular flexibility index (Phi) is 5.16. The topological polar surface area (TPSA) is 23.6 Å². The van der Waals surface area contributed by atoms with Crippen LogP contribution in [0.4, 0.5) is 10.1 Å². The zero-order valence-electron chi connectivity index (χ0n) is 13.2. The number of benzene rings is 2. The Morgan fingerprint density at radius 1 is 1.00 bits per heavy atom. The van der Waals surface area contributed by atoms with E-state index in [1.165, 1.54) is 12.1 Å². The molecule has 2 aromatic carbocycles. The summed E-state index contributed by atoms with van der Waals surface area (Å²) in [6.45, 7) is 2.75. The number of anilines is 1. The molecule has 1 amide bonds. The van der Waals surface area contributed by atoms with Crippen LogP contribution >= 0.6 is 11.6 Å². The summed E-state index contributed by atoms with van der Waals surface area (Å²) in [7, 11) is 0. The quantitative estimate of drug-likeness (QED) is 0.790. The number of amides is 1. The summed E-state index contributed by atoms with van der Waals surface area (Å²) in [5.74, 6) is -0.258. The van der Waals surface area contributed by atoms with Crippen molar-refractivity contribution >= 4 is 29.3 Å². The molecule has 0 bridgehead atoms. The number of rotatable bonds is 3. The molecule has 3 nitrogen and oxygen atoms in total. The fourth-order valence-electron chi connectivity index (χ4n) is 2.71. The van der Waals surface area contributed by atoms with Crippen LogP contribution in [0.1, 0.15) is 5.56 Å². The van der Waals surface area contributed by atoms with Gasteiger partial charge in [-0.1, -0.05) is 29.8 Å². The van der Waals surface area contributed by atoms with Crippen LogP contribution in [0.2, 0.25) is 5.02 Å². The van der Waals surface area contributed by atoms with Gasteiger partial charge in [0.25, 0.3) is 0 Å². The maximum absolute atomic E-state index is 13.0. The van der Waals surface area contributed by atoms with E-state index in [0.717, 1.165) is 24.3 Å². The number of carbonyl (C=O) groups excluding carboxylic acids is 1. The highest BCUT2D eigenvalue weighted by Crippen LogP contribution is 2.18. The van der Waals surface area contributed by atoms with E-state index in [-0.39, 0.29) is 11.7 Å². The third kappa shape index (κ3) is 3.95. The predicted molar refractivity (Wildman–Crippen MR) is 95.7 cm³/mol. The van der Waals surface area contributed by atoms with Gasteiger partial charge in [0.05, 0.1) is 0 Å². The van der Waals surface area contributed by atoms with E-state index >= 15 is 0 Å². The van der Waals surface area contributed by atoms with Crippen LogP contribution < -0.4 is 4.90 Å². The van der Waals surface area contributed by atoms with Crippen LogP contribution in [-0.2, 0) is 4.79 Å². The molecule has 1 saturated heterocycles. The van der Waals surface area contributed by atoms with Crippen LogP contribution in [0.3, 0.4) is 0 Å². The van der Waals surface area contributed by atoms with Crippen LogP contribution in [-0.4, -0.2) is 37.0 Å². The molecule has 5 heteroatoms. The summed E-state index contributed by atoms with van der Waals surface area (Å²) < 4.78 is 13.0. The molecule has 1 aliphatic heterocycles. The molecule has 1 aliphatic rings. The maximum Gasteiger partial charge on any atom is 0.246 e. The Balaban J connectivity index is 1.57. The van der Waals surface area contributed by atoms with Crippen LogP contribution in [0.25, 0.3) is 6.08 Å². The van der Waals surface area contributed by atoms with Crippen molar-refractivity contribution in [1.29, 1.82) is 0 Å². The van der Waals surface area contributed by atoms with Crippen molar-refractivity contribution in [3.8, 4) is 0 Å². The Bertz CT molecular complexity index is 737. The molecule has 0 aliphatic carbocycles. The number of halogens is 2. The number of carbonyl (C=O) groups is 1. The Hall–Kier alpha value is -2.33. The van der Waals surface area contributed by atoms with Gasteiger partial charge < -0.3 is 9.80 Å². The molecule has 0 radical (unpaired) electrons. The zero-order chi connectivity index (χ0) is 16.9. The summed E-state index contributed by atoms with van der Waals surface area (Å²) >= 11 is 6.08. The first-order valence-corrected chi connectivity index (χ1v) is 8.23. The van der Waals surface area contributed by atoms with Gasteiger partial charge in [0.15, 0.2) is 0 Å². The largest absolute Gasteiger partial charge is 0.368 e. The fraction of sp³-hybridized carbons (Fsp3) is 0.211. The molecular formula is C19H18ClFN2O. The molecule has 3 rings (SSSR count). The summed E-state index contributed by atoms with van der Waals surface area (Å²) in [5, 5.41) is 0.627. The molecule has 0 N–H and O–H groups in total. The highest BCUT2D eigenvalue weighted by atomic mass is 35.5. The molecule has 0 unspecified atom stereocenters. The van der Waals surface area contributed by atoms with Crippen molar-refractivity contribution in [3.05, 3.63) is 71.0 Å². The van der Waals surface area contributed by atoms with Gasteiger partial charge in [0.1, 0.15) is 5.82 Å². The second-order valence-corrected chi connectivity index (χ2v) is 6.05. The first-order valence-electron chi connectivity index (χ1n) is 7.85. The lowest BCUT2D eigenvalue weighted by atomic mass is 10.2. The van der Waals surface area contributed by atoms with E-state index in [9.17, 15) is 9.18 Å². The van der Waals surface area contributed by atoms with E-state index in [0.29, 0.717) is 18.1 Å². The molecule has 0 aromatic heterocycles. The van der Waals surface area contributed by atoms with Gasteiger partial charge in [0.2, 0.25) is 5.91 Å². The molecule has 1 heterocycles. The first-order chi connectivity index (χ1) is 11.6. The minimum Gasteiger partial charge on any atom is -0.368 e. The lowest BCUT2D eigenvalue weighted by molar-refractivity contribution is -0.126. The molecule has 1 fully saturated rings. The van der Waals surface area contributed by atoms with Crippen LogP contribution in [0.15, 0.2) is 54.6 Å². The van der Waals surface area contributed by atoms with Gasteiger partial charge in [-0.2, -0.15) is 0 Å². The molecule has 2 aromatic rings. The molecule has 124 valence electrons. The smallest absolute Gasteiger partial charge is 0.246 e. The van der Waals surface area contributed by atoms with Gasteiger partial charge in [-0.25, -0.2) is 4.39 Å². The number of hydrogen-bond donors (Lipinski definition) is 0. The van der Waals surface area contributed by atoms with E-state index in [4.69, 9.17) is 11.6 Å². The van der Waals surface area contributed by atoms with Gasteiger partial charge in [-0.05, 0) is 42.0 Å². The third-order valence-corrected chi connectivity index (χ3v) is 4.44. The average Bonchev–Trinajstić information content (AvgIpc) is 2.62. The van der Waals surface area contributed by atoms with Gasteiger partial charge in [-0.15, -0.1) is 0 Å². The third-order valence-electron chi connectivity index (χ3n) is 4.09. The second kappa shape index (κ2) is 7.49. The normalized spacial score (nSPS) is 15.1. The fourth-order valence-corrected chi connectivity index (χ4v) is 2.91. The van der Waals surface area contributed by atoms with Crippen molar-refractivity contribution in [2.24, 2.45) is 0 Å². The summed E-state index contributed by atoms with van der Waals surface area (Å²) in [6, 6.07) is 13.9. The number of nitrogens with zero attached hydrogens (tertiary/aromatic N) is 2.